The highest BCUT2D eigenvalue weighted by atomic mass is 32.2. The van der Waals surface area contributed by atoms with E-state index in [2.05, 4.69) is 5.32 Å². The lowest BCUT2D eigenvalue weighted by atomic mass is 10.2. The van der Waals surface area contributed by atoms with Crippen LogP contribution in [0.15, 0.2) is 48.5 Å². The van der Waals surface area contributed by atoms with Crippen molar-refractivity contribution in [3.63, 3.8) is 0 Å². The lowest BCUT2D eigenvalue weighted by molar-refractivity contribution is 0.208. The Bertz CT molecular complexity index is 870. The summed E-state index contributed by atoms with van der Waals surface area (Å²) in [5, 5.41) is 2.59. The van der Waals surface area contributed by atoms with Crippen molar-refractivity contribution in [3.8, 4) is 5.75 Å². The molecule has 0 aliphatic carbocycles. The van der Waals surface area contributed by atoms with Gasteiger partial charge in [-0.05, 0) is 36.2 Å². The number of hydrogen-bond acceptors (Lipinski definition) is 4. The standard InChI is InChI=1S/C19H23FN2O4S/c1-3-4-13-22(19(23)21-18-8-6-5-7-17(18)20)14-15-9-11-16(12-10-15)26-27(2,24)25/h5-12H,3-4,13-14H2,1-2H3,(H,21,23). The van der Waals surface area contributed by atoms with Crippen molar-refractivity contribution in [1.82, 2.24) is 4.90 Å². The number of para-hydroxylation sites is 1. The van der Waals surface area contributed by atoms with E-state index >= 15 is 0 Å². The first-order chi connectivity index (χ1) is 12.8. The van der Waals surface area contributed by atoms with E-state index in [1.165, 1.54) is 24.3 Å². The van der Waals surface area contributed by atoms with E-state index in [9.17, 15) is 17.6 Å². The molecule has 8 heteroatoms. The van der Waals surface area contributed by atoms with Crippen LogP contribution < -0.4 is 9.50 Å². The van der Waals surface area contributed by atoms with E-state index < -0.39 is 22.0 Å². The molecule has 2 amide bonds. The Hall–Kier alpha value is -2.61. The van der Waals surface area contributed by atoms with Gasteiger partial charge in [-0.25, -0.2) is 9.18 Å². The number of unbranched alkanes of at least 4 members (excludes halogenated alkanes) is 1. The summed E-state index contributed by atoms with van der Waals surface area (Å²) in [5.74, 6) is -0.291. The van der Waals surface area contributed by atoms with Crippen LogP contribution in [0.1, 0.15) is 25.3 Å². The van der Waals surface area contributed by atoms with Crippen molar-refractivity contribution in [2.24, 2.45) is 0 Å². The first-order valence-electron chi connectivity index (χ1n) is 8.57. The van der Waals surface area contributed by atoms with E-state index in [-0.39, 0.29) is 11.4 Å². The number of hydrogen-bond donors (Lipinski definition) is 1. The van der Waals surface area contributed by atoms with E-state index in [1.807, 2.05) is 6.92 Å². The molecule has 0 aromatic heterocycles. The fourth-order valence-corrected chi connectivity index (χ4v) is 2.86. The highest BCUT2D eigenvalue weighted by Crippen LogP contribution is 2.17. The Balaban J connectivity index is 2.09. The van der Waals surface area contributed by atoms with Gasteiger partial charge >= 0.3 is 16.1 Å². The summed E-state index contributed by atoms with van der Waals surface area (Å²) in [6, 6.07) is 12.0. The Kier molecular flexibility index (Phi) is 7.18. The van der Waals surface area contributed by atoms with Crippen LogP contribution in [0.4, 0.5) is 14.9 Å². The molecule has 1 N–H and O–H groups in total. The van der Waals surface area contributed by atoms with Gasteiger partial charge in [0.05, 0.1) is 11.9 Å². The molecule has 0 unspecified atom stereocenters. The first-order valence-corrected chi connectivity index (χ1v) is 10.4. The average Bonchev–Trinajstić information content (AvgIpc) is 2.60. The molecule has 0 bridgehead atoms. The summed E-state index contributed by atoms with van der Waals surface area (Å²) in [7, 11) is -3.59. The van der Waals surface area contributed by atoms with Crippen molar-refractivity contribution in [3.05, 3.63) is 59.9 Å². The molecule has 0 radical (unpaired) electrons. The van der Waals surface area contributed by atoms with Gasteiger partial charge in [-0.3, -0.25) is 0 Å². The Morgan fingerprint density at radius 3 is 2.41 bits per heavy atom. The van der Waals surface area contributed by atoms with Gasteiger partial charge in [-0.15, -0.1) is 0 Å². The van der Waals surface area contributed by atoms with Gasteiger partial charge in [-0.2, -0.15) is 8.42 Å². The van der Waals surface area contributed by atoms with E-state index in [0.29, 0.717) is 13.1 Å². The predicted molar refractivity (Wildman–Crippen MR) is 103 cm³/mol. The van der Waals surface area contributed by atoms with Crippen LogP contribution in [0.25, 0.3) is 0 Å². The van der Waals surface area contributed by atoms with Gasteiger partial charge in [0.25, 0.3) is 0 Å². The fraction of sp³-hybridized carbons (Fsp3) is 0.316. The summed E-state index contributed by atoms with van der Waals surface area (Å²) < 4.78 is 40.9. The zero-order valence-corrected chi connectivity index (χ0v) is 16.1. The van der Waals surface area contributed by atoms with Crippen molar-refractivity contribution in [2.45, 2.75) is 26.3 Å². The molecule has 27 heavy (non-hydrogen) atoms. The lowest BCUT2D eigenvalue weighted by Crippen LogP contribution is -2.35. The second-order valence-corrected chi connectivity index (χ2v) is 7.69. The third kappa shape index (κ3) is 6.90. The quantitative estimate of drug-likeness (QED) is 0.687. The minimum absolute atomic E-state index is 0.126. The smallest absolute Gasteiger partial charge is 0.322 e. The fourth-order valence-electron chi connectivity index (χ4n) is 2.40. The highest BCUT2D eigenvalue weighted by molar-refractivity contribution is 7.86. The number of anilines is 1. The maximum absolute atomic E-state index is 13.8. The van der Waals surface area contributed by atoms with Crippen LogP contribution in [0.5, 0.6) is 5.75 Å². The molecule has 0 saturated carbocycles. The largest absolute Gasteiger partial charge is 0.383 e. The highest BCUT2D eigenvalue weighted by Gasteiger charge is 2.15. The summed E-state index contributed by atoms with van der Waals surface area (Å²) in [5.41, 5.74) is 0.927. The molecule has 0 spiro atoms. The number of rotatable bonds is 8. The number of halogens is 1. The van der Waals surface area contributed by atoms with Crippen molar-refractivity contribution >= 4 is 21.8 Å². The van der Waals surface area contributed by atoms with Gasteiger partial charge in [0.2, 0.25) is 0 Å². The number of urea groups is 1. The number of amides is 2. The zero-order valence-electron chi connectivity index (χ0n) is 15.3. The molecule has 0 atom stereocenters. The van der Waals surface area contributed by atoms with Gasteiger partial charge in [-0.1, -0.05) is 37.6 Å². The van der Waals surface area contributed by atoms with Crippen LogP contribution >= 0.6 is 0 Å². The molecular weight excluding hydrogens is 371 g/mol. The van der Waals surface area contributed by atoms with Crippen LogP contribution in [-0.4, -0.2) is 32.1 Å². The molecular formula is C19H23FN2O4S. The van der Waals surface area contributed by atoms with Crippen LogP contribution in [0.2, 0.25) is 0 Å². The summed E-state index contributed by atoms with van der Waals surface area (Å²) in [6.07, 6.45) is 2.69. The molecule has 0 aliphatic heterocycles. The number of carbonyl (C=O) groups is 1. The number of benzene rings is 2. The third-order valence-electron chi connectivity index (χ3n) is 3.73. The molecule has 2 rings (SSSR count). The molecule has 6 nitrogen and oxygen atoms in total. The second-order valence-electron chi connectivity index (χ2n) is 6.12. The van der Waals surface area contributed by atoms with E-state index in [0.717, 1.165) is 24.7 Å². The number of nitrogens with one attached hydrogen (secondary N) is 1. The minimum atomic E-state index is -3.59. The molecule has 0 aliphatic rings. The number of carbonyl (C=O) groups excluding carboxylic acids is 1. The van der Waals surface area contributed by atoms with Crippen LogP contribution in [-0.2, 0) is 16.7 Å². The van der Waals surface area contributed by atoms with E-state index in [4.69, 9.17) is 4.18 Å². The number of nitrogens with zero attached hydrogens (tertiary/aromatic N) is 1. The first kappa shape index (κ1) is 20.7. The van der Waals surface area contributed by atoms with Crippen molar-refractivity contribution in [1.29, 1.82) is 0 Å². The third-order valence-corrected chi connectivity index (χ3v) is 4.22. The van der Waals surface area contributed by atoms with Gasteiger partial charge in [0.1, 0.15) is 11.6 Å². The van der Waals surface area contributed by atoms with Gasteiger partial charge in [0, 0.05) is 13.1 Å². The van der Waals surface area contributed by atoms with Gasteiger partial charge in [0.15, 0.2) is 0 Å². The summed E-state index contributed by atoms with van der Waals surface area (Å²) >= 11 is 0. The van der Waals surface area contributed by atoms with Crippen molar-refractivity contribution in [2.75, 3.05) is 18.1 Å². The Labute approximate surface area is 159 Å². The molecule has 0 heterocycles. The molecule has 0 saturated heterocycles. The SMILES string of the molecule is CCCCN(Cc1ccc(OS(C)(=O)=O)cc1)C(=O)Nc1ccccc1F. The molecule has 146 valence electrons. The monoisotopic (exact) mass is 394 g/mol. The van der Waals surface area contributed by atoms with Gasteiger partial charge < -0.3 is 14.4 Å². The lowest BCUT2D eigenvalue weighted by Gasteiger charge is -2.23. The zero-order chi connectivity index (χ0) is 19.9. The minimum Gasteiger partial charge on any atom is -0.383 e. The topological polar surface area (TPSA) is 75.7 Å². The van der Waals surface area contributed by atoms with Crippen molar-refractivity contribution < 1.29 is 21.8 Å². The Morgan fingerprint density at radius 2 is 1.81 bits per heavy atom. The predicted octanol–water partition coefficient (Wildman–Crippen LogP) is 4.00. The summed E-state index contributed by atoms with van der Waals surface area (Å²) in [4.78, 5) is 14.2. The second kappa shape index (κ2) is 9.36. The molecule has 0 fully saturated rings. The molecule has 2 aromatic rings. The summed E-state index contributed by atoms with van der Waals surface area (Å²) in [6.45, 7) is 2.84. The normalized spacial score (nSPS) is 11.1. The Morgan fingerprint density at radius 1 is 1.15 bits per heavy atom. The van der Waals surface area contributed by atoms with E-state index in [1.54, 1.807) is 29.2 Å². The van der Waals surface area contributed by atoms with Crippen LogP contribution in [0, 0.1) is 5.82 Å². The molecule has 2 aromatic carbocycles. The maximum atomic E-state index is 13.8. The average molecular weight is 394 g/mol. The maximum Gasteiger partial charge on any atom is 0.322 e. The van der Waals surface area contributed by atoms with Crippen LogP contribution in [0.3, 0.4) is 0 Å².